The first-order chi connectivity index (χ1) is 49.0. The Morgan fingerprint density at radius 3 is 1.33 bits per heavy atom. The molecule has 25 N–H and O–H groups in total. The quantitative estimate of drug-likeness (QED) is 0.0108. The number of carboxylic acid groups (broad SMARTS) is 1. The van der Waals surface area contributed by atoms with Gasteiger partial charge in [-0.3, -0.25) is 77.3 Å². The molecule has 0 radical (unpaired) electrons. The third-order valence-electron chi connectivity index (χ3n) is 15.3. The number of nitrogens with zero attached hydrogens (tertiary/aromatic N) is 2. The molecule has 0 aliphatic heterocycles. The van der Waals surface area contributed by atoms with E-state index in [1.54, 1.807) is 58.0 Å². The van der Waals surface area contributed by atoms with Crippen molar-refractivity contribution in [1.29, 1.82) is 5.41 Å². The molecule has 2 heterocycles. The van der Waals surface area contributed by atoms with Gasteiger partial charge in [-0.05, 0) is 63.9 Å². The van der Waals surface area contributed by atoms with Gasteiger partial charge in [-0.1, -0.05) is 58.0 Å². The average molecular weight is 1500 g/mol. The zero-order valence-electron chi connectivity index (χ0n) is 58.6. The number of aromatic nitrogens is 4. The average Bonchev–Trinajstić information content (AvgIpc) is 1.37. The normalized spacial score (nSPS) is 14.8. The van der Waals surface area contributed by atoms with E-state index in [9.17, 15) is 77.0 Å². The molecular formula is C63H98N22O17S2. The largest absolute Gasteiger partial charge is 0.480 e. The number of aromatic amines is 2. The second kappa shape index (κ2) is 44.8. The molecule has 39 nitrogen and oxygen atoms in total. The van der Waals surface area contributed by atoms with Crippen molar-refractivity contribution in [2.75, 3.05) is 31.1 Å². The summed E-state index contributed by atoms with van der Waals surface area (Å²) in [4.78, 5) is 216. The first-order valence-corrected chi connectivity index (χ1v) is 34.4. The van der Waals surface area contributed by atoms with E-state index in [1.165, 1.54) is 45.8 Å². The van der Waals surface area contributed by atoms with Crippen molar-refractivity contribution in [2.24, 2.45) is 29.0 Å². The maximum absolute atomic E-state index is 14.4. The zero-order chi connectivity index (χ0) is 77.9. The number of carboxylic acids is 1. The Morgan fingerprint density at radius 1 is 0.481 bits per heavy atom. The number of carbonyl (C=O) groups excluding carboxylic acids is 14. The Balaban J connectivity index is 1.81. The van der Waals surface area contributed by atoms with E-state index in [-0.39, 0.29) is 80.5 Å². The third-order valence-corrected chi connectivity index (χ3v) is 16.0. The molecule has 0 spiro atoms. The lowest BCUT2D eigenvalue weighted by molar-refractivity contribution is -0.138. The van der Waals surface area contributed by atoms with Crippen LogP contribution in [0.1, 0.15) is 97.5 Å². The molecular weight excluding hydrogens is 1400 g/mol. The first kappa shape index (κ1) is 87.8. The molecule has 0 bridgehead atoms. The van der Waals surface area contributed by atoms with Gasteiger partial charge in [0.05, 0.1) is 43.1 Å². The maximum Gasteiger partial charge on any atom is 0.322 e. The van der Waals surface area contributed by atoms with Gasteiger partial charge >= 0.3 is 5.97 Å². The number of aliphatic hydroxyl groups is 1. The fraction of sp³-hybridized carbons (Fsp3) is 0.556. The van der Waals surface area contributed by atoms with Crippen LogP contribution in [0.3, 0.4) is 0 Å². The van der Waals surface area contributed by atoms with Gasteiger partial charge in [-0.15, -0.1) is 0 Å². The van der Waals surface area contributed by atoms with Crippen LogP contribution in [0.5, 0.6) is 0 Å². The van der Waals surface area contributed by atoms with Crippen molar-refractivity contribution in [2.45, 2.75) is 178 Å². The van der Waals surface area contributed by atoms with Crippen molar-refractivity contribution in [3.8, 4) is 0 Å². The molecule has 41 heteroatoms. The van der Waals surface area contributed by atoms with Gasteiger partial charge < -0.3 is 112 Å². The van der Waals surface area contributed by atoms with Crippen LogP contribution < -0.4 is 91.6 Å². The summed E-state index contributed by atoms with van der Waals surface area (Å²) in [6.07, 6.45) is 2.70. The minimum atomic E-state index is -1.75. The summed E-state index contributed by atoms with van der Waals surface area (Å²) in [7, 11) is 0. The highest BCUT2D eigenvalue weighted by Gasteiger charge is 2.37. The Morgan fingerprint density at radius 2 is 0.875 bits per heavy atom. The number of guanidine groups is 1. The Kier molecular flexibility index (Phi) is 37.9. The van der Waals surface area contributed by atoms with Crippen LogP contribution in [-0.4, -0.2) is 235 Å². The highest BCUT2D eigenvalue weighted by atomic mass is 32.1. The fourth-order valence-electron chi connectivity index (χ4n) is 9.73. The van der Waals surface area contributed by atoms with Crippen molar-refractivity contribution in [1.82, 2.24) is 94.4 Å². The number of amides is 14. The number of benzene rings is 1. The molecule has 3 aromatic rings. The number of primary amides is 1. The topological polar surface area (TPSA) is 624 Å². The number of aliphatic carboxylic acids is 1. The van der Waals surface area contributed by atoms with Crippen LogP contribution in [0, 0.1) is 17.2 Å². The number of rotatable bonds is 46. The number of nitrogens with one attached hydrogen (secondary N) is 17. The Labute approximate surface area is 610 Å². The predicted octanol–water partition coefficient (Wildman–Crippen LogP) is -7.35. The molecule has 104 heavy (non-hydrogen) atoms. The minimum absolute atomic E-state index is 0.0412. The van der Waals surface area contributed by atoms with Crippen LogP contribution in [0.15, 0.2) is 55.4 Å². The third kappa shape index (κ3) is 32.3. The molecule has 14 amide bonds. The van der Waals surface area contributed by atoms with E-state index in [0.29, 0.717) is 11.3 Å². The standard InChI is InChI=1S/C63H98N22O17S2/c1-30(2)16-39(55(95)75-33(6)52(92)79-44(21-47(64)87)60(100)82-41(18-35-12-9-8-10-13-35)58(98)84-45(26-103)53(93)72-25-49(89)90)81-61(101)46(27-104)85-57(97)40(17-31(3)4)80-54(94)38(14-11-15-70-63(66)67)78-51(91)32(5)76-56(96)43(20-37-23-69-29-74-37)83-59(99)42(19-36-22-68-28-73-36)77-48(88)24-71-62(102)50(65)34(7)86/h8-10,12-13,22-23,28-34,38-46,50,86,103-104H,11,14-21,24-27,65H2,1-7H3,(H2,64,87)(H,68,73)(H,69,74)(H,71,102)(H,72,93)(H,75,95)(H,76,96)(H,77,88)(H,78,91)(H,79,92)(H,80,94)(H,81,101)(H,82,100)(H,83,99)(H,84,98)(H,85,97)(H,89,90)(H4,66,67,70)/t32-,33-,34+,38-,39-,40-,41-,42-,43-,44-,45-,46-,50-/m0/s1. The van der Waals surface area contributed by atoms with Crippen LogP contribution in [0.25, 0.3) is 0 Å². The minimum Gasteiger partial charge on any atom is -0.480 e. The van der Waals surface area contributed by atoms with Gasteiger partial charge in [0.25, 0.3) is 0 Å². The van der Waals surface area contributed by atoms with Crippen LogP contribution >= 0.6 is 25.3 Å². The second-order valence-corrected chi connectivity index (χ2v) is 25.9. The van der Waals surface area contributed by atoms with Gasteiger partial charge in [-0.2, -0.15) is 25.3 Å². The van der Waals surface area contributed by atoms with Gasteiger partial charge in [0.15, 0.2) is 5.96 Å². The Bertz CT molecular complexity index is 3410. The summed E-state index contributed by atoms with van der Waals surface area (Å²) in [5.41, 5.74) is 17.8. The number of hydrogen-bond donors (Lipinski definition) is 24. The number of thiol groups is 2. The number of nitrogens with two attached hydrogens (primary N) is 3. The van der Waals surface area contributed by atoms with Crippen LogP contribution in [0.4, 0.5) is 0 Å². The first-order valence-electron chi connectivity index (χ1n) is 33.1. The van der Waals surface area contributed by atoms with Gasteiger partial charge in [-0.25, -0.2) is 9.97 Å². The lowest BCUT2D eigenvalue weighted by Crippen LogP contribution is -2.61. The molecule has 3 rings (SSSR count). The molecule has 0 saturated carbocycles. The van der Waals surface area contributed by atoms with Crippen molar-refractivity contribution in [3.05, 3.63) is 72.3 Å². The summed E-state index contributed by atoms with van der Waals surface area (Å²) in [6, 6.07) is -9.26. The smallest absolute Gasteiger partial charge is 0.322 e. The summed E-state index contributed by atoms with van der Waals surface area (Å²) in [5.74, 6) is -16.1. The van der Waals surface area contributed by atoms with Crippen molar-refractivity contribution < 1.29 is 82.1 Å². The predicted molar refractivity (Wildman–Crippen MR) is 380 cm³/mol. The fourth-order valence-corrected chi connectivity index (χ4v) is 10.2. The summed E-state index contributed by atoms with van der Waals surface area (Å²) in [5, 5.41) is 61.0. The van der Waals surface area contributed by atoms with Gasteiger partial charge in [0.1, 0.15) is 79.0 Å². The molecule has 0 unspecified atom stereocenters. The molecule has 0 saturated heterocycles. The monoisotopic (exact) mass is 1500 g/mol. The molecule has 0 aliphatic carbocycles. The maximum atomic E-state index is 14.4. The Hall–Kier alpha value is -10.4. The zero-order valence-corrected chi connectivity index (χ0v) is 60.4. The summed E-state index contributed by atoms with van der Waals surface area (Å²) in [6.45, 7) is 9.31. The summed E-state index contributed by atoms with van der Waals surface area (Å²) < 4.78 is 0. The van der Waals surface area contributed by atoms with Crippen LogP contribution in [-0.2, 0) is 91.2 Å². The number of hydrogen-bond acceptors (Lipinski definition) is 22. The molecule has 13 atom stereocenters. The number of carbonyl (C=O) groups is 15. The van der Waals surface area contributed by atoms with Gasteiger partial charge in [0.2, 0.25) is 82.7 Å². The SMILES string of the molecule is CC(C)C[C@H](NC(=O)[C@H](CS)NC(=O)[C@H](CC(C)C)NC(=O)[C@H](CCCNC(=N)N)NC(=O)[C@H](C)NC(=O)[C@H](Cc1c[nH]cn1)NC(=O)[C@H](Cc1c[nH]cn1)NC(=O)CNC(=O)[C@@H](N)[C@@H](C)O)C(=O)N[C@@H](C)C(=O)N[C@@H](CC(N)=O)C(=O)N[C@@H](Cc1ccccc1)C(=O)N[C@@H](CS)C(=O)NCC(=O)O. The number of imidazole rings is 2. The highest BCUT2D eigenvalue weighted by Crippen LogP contribution is 2.13. The van der Waals surface area contributed by atoms with E-state index in [2.05, 4.69) is 120 Å². The van der Waals surface area contributed by atoms with E-state index >= 15 is 0 Å². The molecule has 0 fully saturated rings. The van der Waals surface area contributed by atoms with Crippen LogP contribution in [0.2, 0.25) is 0 Å². The highest BCUT2D eigenvalue weighted by molar-refractivity contribution is 7.80. The molecule has 1 aromatic carbocycles. The molecule has 2 aromatic heterocycles. The lowest BCUT2D eigenvalue weighted by atomic mass is 10.0. The van der Waals surface area contributed by atoms with Gasteiger partial charge in [0, 0.05) is 49.7 Å². The van der Waals surface area contributed by atoms with E-state index in [0.717, 1.165) is 0 Å². The summed E-state index contributed by atoms with van der Waals surface area (Å²) >= 11 is 8.40. The van der Waals surface area contributed by atoms with E-state index < -0.39 is 193 Å². The lowest BCUT2D eigenvalue weighted by Gasteiger charge is -2.28. The van der Waals surface area contributed by atoms with Crippen molar-refractivity contribution >= 4 is 120 Å². The second-order valence-electron chi connectivity index (χ2n) is 25.2. The van der Waals surface area contributed by atoms with E-state index in [1.807, 2.05) is 0 Å². The molecule has 574 valence electrons. The van der Waals surface area contributed by atoms with Crippen molar-refractivity contribution in [3.63, 3.8) is 0 Å². The van der Waals surface area contributed by atoms with E-state index in [4.69, 9.17) is 27.7 Å². The number of aliphatic hydroxyl groups excluding tert-OH is 1. The molecule has 0 aliphatic rings. The number of H-pyrrole nitrogens is 2.